The molecular weight excluding hydrogens is 314 g/mol. The Kier molecular flexibility index (Phi) is 5.66. The van der Waals surface area contributed by atoms with Crippen LogP contribution in [0.2, 0.25) is 0 Å². The number of pyridine rings is 1. The molecule has 1 fully saturated rings. The lowest BCUT2D eigenvalue weighted by atomic mass is 10.0. The van der Waals surface area contributed by atoms with Gasteiger partial charge in [0.1, 0.15) is 5.69 Å². The van der Waals surface area contributed by atoms with Gasteiger partial charge in [-0.25, -0.2) is 4.98 Å². The largest absolute Gasteiger partial charge is 0.381 e. The van der Waals surface area contributed by atoms with Crippen LogP contribution in [0.1, 0.15) is 48.7 Å². The first-order valence-electron chi connectivity index (χ1n) is 8.85. The van der Waals surface area contributed by atoms with Crippen LogP contribution in [0.5, 0.6) is 0 Å². The van der Waals surface area contributed by atoms with Crippen LogP contribution in [0.4, 0.5) is 11.4 Å². The number of aromatic nitrogens is 1. The van der Waals surface area contributed by atoms with Gasteiger partial charge in [0, 0.05) is 18.8 Å². The zero-order valence-corrected chi connectivity index (χ0v) is 14.8. The van der Waals surface area contributed by atoms with E-state index in [4.69, 9.17) is 4.74 Å². The molecule has 5 nitrogen and oxygen atoms in total. The molecule has 2 N–H and O–H groups in total. The van der Waals surface area contributed by atoms with E-state index in [0.717, 1.165) is 42.9 Å². The lowest BCUT2D eigenvalue weighted by Gasteiger charge is -2.14. The first kappa shape index (κ1) is 17.4. The first-order valence-corrected chi connectivity index (χ1v) is 8.85. The topological polar surface area (TPSA) is 63.2 Å². The second-order valence-electron chi connectivity index (χ2n) is 6.64. The van der Waals surface area contributed by atoms with Crippen LogP contribution in [-0.2, 0) is 4.74 Å². The van der Waals surface area contributed by atoms with Crippen LogP contribution >= 0.6 is 0 Å². The van der Waals surface area contributed by atoms with Gasteiger partial charge in [-0.3, -0.25) is 4.79 Å². The second kappa shape index (κ2) is 8.12. The number of carbonyl (C=O) groups excluding carboxylic acids is 1. The van der Waals surface area contributed by atoms with E-state index in [1.807, 2.05) is 30.3 Å². The molecule has 5 heteroatoms. The number of ether oxygens (including phenoxy) is 1. The minimum atomic E-state index is -0.196. The monoisotopic (exact) mass is 339 g/mol. The van der Waals surface area contributed by atoms with Crippen molar-refractivity contribution in [2.45, 2.75) is 38.7 Å². The summed E-state index contributed by atoms with van der Waals surface area (Å²) in [5.74, 6) is 0.146. The van der Waals surface area contributed by atoms with E-state index in [1.54, 1.807) is 12.3 Å². The number of hydrogen-bond donors (Lipinski definition) is 2. The van der Waals surface area contributed by atoms with Crippen molar-refractivity contribution >= 4 is 17.3 Å². The highest BCUT2D eigenvalue weighted by Crippen LogP contribution is 2.24. The molecule has 0 saturated carbocycles. The van der Waals surface area contributed by atoms with Crippen LogP contribution in [0.15, 0.2) is 42.6 Å². The number of nitrogens with zero attached hydrogens (tertiary/aromatic N) is 1. The molecule has 0 aliphatic carbocycles. The van der Waals surface area contributed by atoms with Crippen molar-refractivity contribution in [3.63, 3.8) is 0 Å². The Labute approximate surface area is 148 Å². The van der Waals surface area contributed by atoms with Gasteiger partial charge in [-0.15, -0.1) is 0 Å². The third kappa shape index (κ3) is 4.57. The molecule has 1 amide bonds. The van der Waals surface area contributed by atoms with Crippen molar-refractivity contribution in [2.24, 2.45) is 0 Å². The van der Waals surface area contributed by atoms with Gasteiger partial charge in [-0.1, -0.05) is 32.0 Å². The quantitative estimate of drug-likeness (QED) is 0.833. The standard InChI is InChI=1S/C20H25N3O2/c1-14(2)17-7-3-4-8-18(17)23-20(24)19-10-9-15(12-22-19)21-13-16-6-5-11-25-16/h3-4,7-10,12,14,16,21H,5-6,11,13H2,1-2H3,(H,23,24). The van der Waals surface area contributed by atoms with Crippen molar-refractivity contribution in [3.05, 3.63) is 53.9 Å². The molecule has 3 rings (SSSR count). The molecule has 2 aromatic rings. The van der Waals surface area contributed by atoms with Crippen LogP contribution < -0.4 is 10.6 Å². The summed E-state index contributed by atoms with van der Waals surface area (Å²) in [4.78, 5) is 16.7. The number of hydrogen-bond acceptors (Lipinski definition) is 4. The van der Waals surface area contributed by atoms with Crippen LogP contribution in [0.3, 0.4) is 0 Å². The molecule has 1 aliphatic rings. The number of para-hydroxylation sites is 1. The number of benzene rings is 1. The Morgan fingerprint density at radius 3 is 2.80 bits per heavy atom. The summed E-state index contributed by atoms with van der Waals surface area (Å²) in [6, 6.07) is 11.5. The lowest BCUT2D eigenvalue weighted by Crippen LogP contribution is -2.19. The van der Waals surface area contributed by atoms with E-state index in [0.29, 0.717) is 11.6 Å². The molecule has 0 bridgehead atoms. The van der Waals surface area contributed by atoms with E-state index in [9.17, 15) is 4.79 Å². The number of amides is 1. The third-order valence-electron chi connectivity index (χ3n) is 4.38. The van der Waals surface area contributed by atoms with Crippen molar-refractivity contribution in [3.8, 4) is 0 Å². The SMILES string of the molecule is CC(C)c1ccccc1NC(=O)c1ccc(NCC2CCCO2)cn1. The lowest BCUT2D eigenvalue weighted by molar-refractivity contribution is 0.102. The minimum absolute atomic E-state index is 0.196. The van der Waals surface area contributed by atoms with Crippen LogP contribution in [0.25, 0.3) is 0 Å². The molecular formula is C20H25N3O2. The smallest absolute Gasteiger partial charge is 0.274 e. The molecule has 1 aromatic carbocycles. The van der Waals surface area contributed by atoms with E-state index in [1.165, 1.54) is 0 Å². The van der Waals surface area contributed by atoms with Crippen molar-refractivity contribution < 1.29 is 9.53 Å². The van der Waals surface area contributed by atoms with Gasteiger partial charge in [0.15, 0.2) is 0 Å². The van der Waals surface area contributed by atoms with Crippen molar-refractivity contribution in [1.29, 1.82) is 0 Å². The molecule has 0 spiro atoms. The maximum absolute atomic E-state index is 12.5. The van der Waals surface area contributed by atoms with Crippen molar-refractivity contribution in [2.75, 3.05) is 23.8 Å². The normalized spacial score (nSPS) is 16.8. The Morgan fingerprint density at radius 2 is 2.12 bits per heavy atom. The summed E-state index contributed by atoms with van der Waals surface area (Å²) in [7, 11) is 0. The fourth-order valence-electron chi connectivity index (χ4n) is 2.97. The van der Waals surface area contributed by atoms with Crippen LogP contribution in [0, 0.1) is 0 Å². The number of rotatable bonds is 6. The predicted octanol–water partition coefficient (Wildman–Crippen LogP) is 4.05. The maximum atomic E-state index is 12.5. The second-order valence-corrected chi connectivity index (χ2v) is 6.64. The molecule has 0 radical (unpaired) electrons. The molecule has 132 valence electrons. The Morgan fingerprint density at radius 1 is 1.28 bits per heavy atom. The van der Waals surface area contributed by atoms with Gasteiger partial charge in [-0.2, -0.15) is 0 Å². The average molecular weight is 339 g/mol. The summed E-state index contributed by atoms with van der Waals surface area (Å²) >= 11 is 0. The highest BCUT2D eigenvalue weighted by Gasteiger charge is 2.15. The fourth-order valence-corrected chi connectivity index (χ4v) is 2.97. The summed E-state index contributed by atoms with van der Waals surface area (Å²) in [6.07, 6.45) is 4.19. The first-order chi connectivity index (χ1) is 12.1. The zero-order valence-electron chi connectivity index (χ0n) is 14.8. The van der Waals surface area contributed by atoms with Gasteiger partial charge < -0.3 is 15.4 Å². The molecule has 1 atom stereocenters. The summed E-state index contributed by atoms with van der Waals surface area (Å²) in [5.41, 5.74) is 3.26. The average Bonchev–Trinajstić information content (AvgIpc) is 3.14. The van der Waals surface area contributed by atoms with Gasteiger partial charge in [0.05, 0.1) is 18.0 Å². The number of anilines is 2. The van der Waals surface area contributed by atoms with Gasteiger partial charge in [0.25, 0.3) is 5.91 Å². The van der Waals surface area contributed by atoms with E-state index in [2.05, 4.69) is 29.5 Å². The fraction of sp³-hybridized carbons (Fsp3) is 0.400. The summed E-state index contributed by atoms with van der Waals surface area (Å²) in [5, 5.41) is 6.27. The Balaban J connectivity index is 1.61. The van der Waals surface area contributed by atoms with Gasteiger partial charge in [-0.05, 0) is 42.5 Å². The predicted molar refractivity (Wildman–Crippen MR) is 100 cm³/mol. The number of nitrogens with one attached hydrogen (secondary N) is 2. The molecule has 1 aliphatic heterocycles. The molecule has 1 aromatic heterocycles. The van der Waals surface area contributed by atoms with Gasteiger partial charge >= 0.3 is 0 Å². The number of carbonyl (C=O) groups is 1. The molecule has 2 heterocycles. The van der Waals surface area contributed by atoms with E-state index >= 15 is 0 Å². The van der Waals surface area contributed by atoms with E-state index in [-0.39, 0.29) is 12.0 Å². The molecule has 25 heavy (non-hydrogen) atoms. The van der Waals surface area contributed by atoms with Crippen LogP contribution in [-0.4, -0.2) is 30.1 Å². The third-order valence-corrected chi connectivity index (χ3v) is 4.38. The molecule has 1 saturated heterocycles. The zero-order chi connectivity index (χ0) is 17.6. The summed E-state index contributed by atoms with van der Waals surface area (Å²) in [6.45, 7) is 5.84. The minimum Gasteiger partial charge on any atom is -0.381 e. The Bertz CT molecular complexity index is 707. The van der Waals surface area contributed by atoms with Gasteiger partial charge in [0.2, 0.25) is 0 Å². The molecule has 1 unspecified atom stereocenters. The highest BCUT2D eigenvalue weighted by atomic mass is 16.5. The highest BCUT2D eigenvalue weighted by molar-refractivity contribution is 6.03. The Hall–Kier alpha value is -2.40. The van der Waals surface area contributed by atoms with Crippen molar-refractivity contribution in [1.82, 2.24) is 4.98 Å². The summed E-state index contributed by atoms with van der Waals surface area (Å²) < 4.78 is 5.59. The van der Waals surface area contributed by atoms with E-state index < -0.39 is 0 Å². The maximum Gasteiger partial charge on any atom is 0.274 e.